The van der Waals surface area contributed by atoms with Gasteiger partial charge in [-0.2, -0.15) is 0 Å². The number of amides is 2. The van der Waals surface area contributed by atoms with Crippen LogP contribution < -0.4 is 10.6 Å². The Morgan fingerprint density at radius 3 is 2.54 bits per heavy atom. The van der Waals surface area contributed by atoms with Crippen molar-refractivity contribution in [2.24, 2.45) is 5.73 Å². The lowest BCUT2D eigenvalue weighted by molar-refractivity contribution is -0.123. The molecule has 3 rings (SSSR count). The number of primary amides is 1. The van der Waals surface area contributed by atoms with Crippen molar-refractivity contribution in [2.45, 2.75) is 26.3 Å². The number of carbonyl (C=O) groups is 2. The lowest BCUT2D eigenvalue weighted by Crippen LogP contribution is -2.32. The van der Waals surface area contributed by atoms with Crippen LogP contribution in [-0.2, 0) is 16.1 Å². The van der Waals surface area contributed by atoms with Gasteiger partial charge in [-0.25, -0.2) is 0 Å². The second-order valence-electron chi connectivity index (χ2n) is 5.99. The minimum absolute atomic E-state index is 0.0635. The molecule has 2 amide bonds. The van der Waals surface area contributed by atoms with Crippen molar-refractivity contribution in [1.82, 2.24) is 0 Å². The van der Waals surface area contributed by atoms with Crippen molar-refractivity contribution < 1.29 is 9.59 Å². The Morgan fingerprint density at radius 2 is 1.75 bits per heavy atom. The molecule has 1 aliphatic rings. The highest BCUT2D eigenvalue weighted by Gasteiger charge is 2.22. The molecular weight excluding hydrogens is 300 g/mol. The molecule has 122 valence electrons. The van der Waals surface area contributed by atoms with Crippen LogP contribution in [0.25, 0.3) is 11.6 Å². The smallest absolute Gasteiger partial charge is 0.227 e. The monoisotopic (exact) mass is 320 g/mol. The zero-order valence-electron chi connectivity index (χ0n) is 13.7. The van der Waals surface area contributed by atoms with Crippen molar-refractivity contribution in [1.29, 1.82) is 0 Å². The summed E-state index contributed by atoms with van der Waals surface area (Å²) in [5, 5.41) is 0. The summed E-state index contributed by atoms with van der Waals surface area (Å²) in [5.74, 6) is -0.552. The molecule has 0 saturated heterocycles. The van der Waals surface area contributed by atoms with E-state index in [4.69, 9.17) is 5.73 Å². The summed E-state index contributed by atoms with van der Waals surface area (Å²) < 4.78 is 0. The molecule has 0 fully saturated rings. The number of nitrogens with two attached hydrogens (primary N) is 1. The maximum absolute atomic E-state index is 12.7. The van der Waals surface area contributed by atoms with E-state index in [1.165, 1.54) is 5.57 Å². The number of rotatable bonds is 3. The summed E-state index contributed by atoms with van der Waals surface area (Å²) in [7, 11) is 0. The van der Waals surface area contributed by atoms with Crippen molar-refractivity contribution in [3.63, 3.8) is 0 Å². The Kier molecular flexibility index (Phi) is 4.47. The molecule has 0 spiro atoms. The molecule has 4 nitrogen and oxygen atoms in total. The number of carbonyl (C=O) groups excluding carboxylic acids is 2. The van der Waals surface area contributed by atoms with E-state index in [9.17, 15) is 9.59 Å². The summed E-state index contributed by atoms with van der Waals surface area (Å²) in [6.45, 7) is 2.57. The Hall–Kier alpha value is -2.88. The molecule has 0 atom stereocenters. The van der Waals surface area contributed by atoms with Gasteiger partial charge >= 0.3 is 0 Å². The number of anilines is 1. The second kappa shape index (κ2) is 6.71. The summed E-state index contributed by atoms with van der Waals surface area (Å²) in [6, 6.07) is 15.9. The van der Waals surface area contributed by atoms with Crippen LogP contribution in [-0.4, -0.2) is 11.8 Å². The van der Waals surface area contributed by atoms with Gasteiger partial charge in [0.05, 0.1) is 12.2 Å². The van der Waals surface area contributed by atoms with E-state index in [1.807, 2.05) is 42.5 Å². The normalized spacial score (nSPS) is 15.4. The van der Waals surface area contributed by atoms with Gasteiger partial charge < -0.3 is 10.6 Å². The predicted molar refractivity (Wildman–Crippen MR) is 96.0 cm³/mol. The van der Waals surface area contributed by atoms with E-state index in [-0.39, 0.29) is 18.7 Å². The zero-order chi connectivity index (χ0) is 17.1. The summed E-state index contributed by atoms with van der Waals surface area (Å²) in [4.78, 5) is 25.5. The van der Waals surface area contributed by atoms with Crippen LogP contribution in [0, 0.1) is 0 Å². The minimum Gasteiger partial charge on any atom is -0.370 e. The molecule has 4 heteroatoms. The Bertz CT molecular complexity index is 824. The molecule has 1 aliphatic heterocycles. The third-order valence-corrected chi connectivity index (χ3v) is 4.26. The average Bonchev–Trinajstić information content (AvgIpc) is 2.57. The number of hydrogen-bond donors (Lipinski definition) is 1. The highest BCUT2D eigenvalue weighted by molar-refractivity contribution is 5.99. The maximum atomic E-state index is 12.7. The fourth-order valence-corrected chi connectivity index (χ4v) is 3.05. The van der Waals surface area contributed by atoms with Crippen LogP contribution in [0.2, 0.25) is 0 Å². The third-order valence-electron chi connectivity index (χ3n) is 4.26. The summed E-state index contributed by atoms with van der Waals surface area (Å²) in [5.41, 5.74) is 10.5. The van der Waals surface area contributed by atoms with Crippen LogP contribution >= 0.6 is 0 Å². The first kappa shape index (κ1) is 16.0. The van der Waals surface area contributed by atoms with Gasteiger partial charge in [-0.05, 0) is 41.3 Å². The predicted octanol–water partition coefficient (Wildman–Crippen LogP) is 3.36. The van der Waals surface area contributed by atoms with Crippen LogP contribution in [0.5, 0.6) is 0 Å². The number of fused-ring (bicyclic) bond motifs is 2. The van der Waals surface area contributed by atoms with E-state index in [0.717, 1.165) is 22.4 Å². The first-order valence-corrected chi connectivity index (χ1v) is 8.00. The third kappa shape index (κ3) is 3.23. The number of hydrogen-bond acceptors (Lipinski definition) is 2. The highest BCUT2D eigenvalue weighted by Crippen LogP contribution is 2.32. The molecule has 2 N–H and O–H groups in total. The molecule has 0 radical (unpaired) electrons. The number of benzene rings is 2. The van der Waals surface area contributed by atoms with Crippen LogP contribution in [0.15, 0.2) is 48.5 Å². The van der Waals surface area contributed by atoms with E-state index in [1.54, 1.807) is 4.90 Å². The van der Waals surface area contributed by atoms with E-state index < -0.39 is 5.91 Å². The fraction of sp³-hybridized carbons (Fsp3) is 0.200. The molecule has 24 heavy (non-hydrogen) atoms. The molecule has 0 aliphatic carbocycles. The molecule has 2 aromatic rings. The second-order valence-corrected chi connectivity index (χ2v) is 5.99. The minimum atomic E-state index is -0.459. The molecule has 0 unspecified atom stereocenters. The van der Waals surface area contributed by atoms with Gasteiger partial charge in [0.1, 0.15) is 0 Å². The zero-order valence-corrected chi connectivity index (χ0v) is 13.7. The number of nitrogens with zero attached hydrogens (tertiary/aromatic N) is 1. The standard InChI is InChI=1S/C20H20N2O2/c1-14-12-15-6-3-5-9-18(15)22(20(24)11-10-19(21)23)13-16-7-2-4-8-17(14)16/h2-9,12H,10-11,13H2,1H3,(H2,21,23)/b14-12-. The molecule has 0 bridgehead atoms. The SMILES string of the molecule is C/C1=C/c2ccccc2N(C(=O)CCC(N)=O)Cc2ccccc21. The van der Waals surface area contributed by atoms with Crippen LogP contribution in [0.1, 0.15) is 36.5 Å². The largest absolute Gasteiger partial charge is 0.370 e. The Labute approximate surface area is 141 Å². The van der Waals surface area contributed by atoms with E-state index in [0.29, 0.717) is 6.54 Å². The molecule has 1 heterocycles. The van der Waals surface area contributed by atoms with Gasteiger partial charge in [0.25, 0.3) is 0 Å². The summed E-state index contributed by atoms with van der Waals surface area (Å²) >= 11 is 0. The van der Waals surface area contributed by atoms with E-state index >= 15 is 0 Å². The lowest BCUT2D eigenvalue weighted by Gasteiger charge is -2.28. The van der Waals surface area contributed by atoms with Crippen LogP contribution in [0.3, 0.4) is 0 Å². The molecule has 0 aromatic heterocycles. The van der Waals surface area contributed by atoms with E-state index in [2.05, 4.69) is 19.1 Å². The van der Waals surface area contributed by atoms with Crippen molar-refractivity contribution in [3.8, 4) is 0 Å². The topological polar surface area (TPSA) is 63.4 Å². The lowest BCUT2D eigenvalue weighted by atomic mass is 9.95. The van der Waals surface area contributed by atoms with Gasteiger partial charge in [-0.15, -0.1) is 0 Å². The molecular formula is C20H20N2O2. The van der Waals surface area contributed by atoms with Crippen molar-refractivity contribution in [3.05, 3.63) is 65.2 Å². The number of allylic oxidation sites excluding steroid dienone is 1. The highest BCUT2D eigenvalue weighted by atomic mass is 16.2. The molecule has 2 aromatic carbocycles. The maximum Gasteiger partial charge on any atom is 0.227 e. The fourth-order valence-electron chi connectivity index (χ4n) is 3.05. The van der Waals surface area contributed by atoms with Gasteiger partial charge in [0, 0.05) is 12.8 Å². The van der Waals surface area contributed by atoms with Gasteiger partial charge in [-0.1, -0.05) is 42.5 Å². The van der Waals surface area contributed by atoms with Gasteiger partial charge in [0.2, 0.25) is 11.8 Å². The first-order valence-electron chi connectivity index (χ1n) is 8.00. The average molecular weight is 320 g/mol. The quantitative estimate of drug-likeness (QED) is 0.942. The van der Waals surface area contributed by atoms with Crippen molar-refractivity contribution in [2.75, 3.05) is 4.90 Å². The Balaban J connectivity index is 2.08. The van der Waals surface area contributed by atoms with Crippen LogP contribution in [0.4, 0.5) is 5.69 Å². The Morgan fingerprint density at radius 1 is 1.04 bits per heavy atom. The van der Waals surface area contributed by atoms with Gasteiger partial charge in [0.15, 0.2) is 0 Å². The van der Waals surface area contributed by atoms with Gasteiger partial charge in [-0.3, -0.25) is 9.59 Å². The molecule has 0 saturated carbocycles. The first-order chi connectivity index (χ1) is 11.6. The van der Waals surface area contributed by atoms with Crippen molar-refractivity contribution >= 4 is 29.2 Å². The number of para-hydroxylation sites is 1. The summed E-state index contributed by atoms with van der Waals surface area (Å²) in [6.07, 6.45) is 2.28.